The number of aromatic nitrogens is 2. The first kappa shape index (κ1) is 13.8. The summed E-state index contributed by atoms with van der Waals surface area (Å²) in [5, 5.41) is 7.13. The molecule has 0 radical (unpaired) electrons. The van der Waals surface area contributed by atoms with Gasteiger partial charge in [-0.3, -0.25) is 0 Å². The number of fused-ring (bicyclic) bond motifs is 3. The molecule has 0 aliphatic rings. The van der Waals surface area contributed by atoms with E-state index in [1.54, 1.807) is 7.11 Å². The lowest BCUT2D eigenvalue weighted by Crippen LogP contribution is -1.96. The maximum atomic E-state index is 5.26. The summed E-state index contributed by atoms with van der Waals surface area (Å²) in [6.45, 7) is 2.17. The van der Waals surface area contributed by atoms with Gasteiger partial charge in [-0.25, -0.2) is 4.52 Å². The van der Waals surface area contributed by atoms with E-state index in [-0.39, 0.29) is 0 Å². The zero-order chi connectivity index (χ0) is 15.8. The van der Waals surface area contributed by atoms with Crippen LogP contribution in [0.5, 0.6) is 5.75 Å². The van der Waals surface area contributed by atoms with E-state index in [9.17, 15) is 0 Å². The van der Waals surface area contributed by atoms with Gasteiger partial charge < -0.3 is 4.74 Å². The molecule has 0 amide bonds. The maximum absolute atomic E-state index is 5.26. The largest absolute Gasteiger partial charge is 0.497 e. The average molecular weight is 302 g/mol. The zero-order valence-corrected chi connectivity index (χ0v) is 13.3. The molecule has 2 heterocycles. The summed E-state index contributed by atoms with van der Waals surface area (Å²) >= 11 is 0. The lowest BCUT2D eigenvalue weighted by atomic mass is 10.0. The van der Waals surface area contributed by atoms with Gasteiger partial charge in [0.05, 0.1) is 24.5 Å². The fraction of sp³-hybridized carbons (Fsp3) is 0.150. The van der Waals surface area contributed by atoms with Crippen LogP contribution in [0.15, 0.2) is 60.8 Å². The van der Waals surface area contributed by atoms with Gasteiger partial charge in [0.25, 0.3) is 0 Å². The van der Waals surface area contributed by atoms with Gasteiger partial charge in [-0.05, 0) is 47.7 Å². The fourth-order valence-electron chi connectivity index (χ4n) is 3.13. The van der Waals surface area contributed by atoms with Gasteiger partial charge in [0.1, 0.15) is 5.75 Å². The highest BCUT2D eigenvalue weighted by Crippen LogP contribution is 2.31. The number of ether oxygens (including phenoxy) is 1. The van der Waals surface area contributed by atoms with Crippen molar-refractivity contribution in [1.29, 1.82) is 0 Å². The molecule has 2 aromatic carbocycles. The van der Waals surface area contributed by atoms with Gasteiger partial charge in [0.15, 0.2) is 0 Å². The molecular formula is C20H18N2O. The van der Waals surface area contributed by atoms with Crippen LogP contribution in [0.25, 0.3) is 27.5 Å². The Kier molecular flexibility index (Phi) is 3.27. The van der Waals surface area contributed by atoms with E-state index < -0.39 is 0 Å². The number of benzene rings is 2. The molecule has 0 fully saturated rings. The highest BCUT2D eigenvalue weighted by molar-refractivity contribution is 5.99. The van der Waals surface area contributed by atoms with E-state index in [0.29, 0.717) is 0 Å². The van der Waals surface area contributed by atoms with Crippen LogP contribution in [0.3, 0.4) is 0 Å². The van der Waals surface area contributed by atoms with Crippen LogP contribution in [-0.2, 0) is 6.42 Å². The lowest BCUT2D eigenvalue weighted by molar-refractivity contribution is 0.415. The number of methoxy groups -OCH3 is 1. The average Bonchev–Trinajstić information content (AvgIpc) is 3.05. The van der Waals surface area contributed by atoms with Crippen LogP contribution in [0.4, 0.5) is 0 Å². The monoisotopic (exact) mass is 302 g/mol. The van der Waals surface area contributed by atoms with Gasteiger partial charge in [-0.2, -0.15) is 5.10 Å². The van der Waals surface area contributed by atoms with Crippen molar-refractivity contribution < 1.29 is 4.74 Å². The minimum absolute atomic E-state index is 0.862. The summed E-state index contributed by atoms with van der Waals surface area (Å²) in [7, 11) is 1.68. The molecule has 0 aliphatic heterocycles. The van der Waals surface area contributed by atoms with Crippen LogP contribution in [0.1, 0.15) is 12.5 Å². The Morgan fingerprint density at radius 2 is 1.83 bits per heavy atom. The van der Waals surface area contributed by atoms with Crippen LogP contribution in [0.2, 0.25) is 0 Å². The van der Waals surface area contributed by atoms with Gasteiger partial charge in [0.2, 0.25) is 0 Å². The Morgan fingerprint density at radius 1 is 1.04 bits per heavy atom. The number of pyridine rings is 1. The second-order valence-corrected chi connectivity index (χ2v) is 5.63. The van der Waals surface area contributed by atoms with Crippen LogP contribution in [-0.4, -0.2) is 16.7 Å². The predicted octanol–water partition coefficient (Wildman–Crippen LogP) is 4.73. The molecule has 0 unspecified atom stereocenters. The summed E-state index contributed by atoms with van der Waals surface area (Å²) in [5.74, 6) is 0.862. The lowest BCUT2D eigenvalue weighted by Gasteiger charge is -2.10. The molecule has 0 bridgehead atoms. The number of hydrogen-bond donors (Lipinski definition) is 0. The molecular weight excluding hydrogens is 284 g/mol. The van der Waals surface area contributed by atoms with E-state index in [2.05, 4.69) is 59.0 Å². The Hall–Kier alpha value is -2.81. The third-order valence-electron chi connectivity index (χ3n) is 4.35. The first-order valence-electron chi connectivity index (χ1n) is 7.84. The molecule has 0 aliphatic carbocycles. The van der Waals surface area contributed by atoms with Crippen molar-refractivity contribution in [3.05, 3.63) is 66.4 Å². The maximum Gasteiger partial charge on any atom is 0.118 e. The number of nitrogens with zero attached hydrogens (tertiary/aromatic N) is 2. The van der Waals surface area contributed by atoms with E-state index in [1.807, 2.05) is 18.3 Å². The van der Waals surface area contributed by atoms with Crippen molar-refractivity contribution in [1.82, 2.24) is 9.61 Å². The van der Waals surface area contributed by atoms with Crippen molar-refractivity contribution in [2.45, 2.75) is 13.3 Å². The Bertz CT molecular complexity index is 984. The molecule has 0 spiro atoms. The van der Waals surface area contributed by atoms with Crippen molar-refractivity contribution in [2.75, 3.05) is 7.11 Å². The summed E-state index contributed by atoms with van der Waals surface area (Å²) in [4.78, 5) is 0. The number of rotatable bonds is 3. The molecule has 3 heteroatoms. The minimum Gasteiger partial charge on any atom is -0.497 e. The molecule has 0 saturated carbocycles. The predicted molar refractivity (Wildman–Crippen MR) is 94.1 cm³/mol. The topological polar surface area (TPSA) is 26.5 Å². The quantitative estimate of drug-likeness (QED) is 0.547. The first-order valence-corrected chi connectivity index (χ1v) is 7.84. The van der Waals surface area contributed by atoms with E-state index in [0.717, 1.165) is 23.4 Å². The highest BCUT2D eigenvalue weighted by Gasteiger charge is 2.12. The van der Waals surface area contributed by atoms with Crippen molar-refractivity contribution in [2.24, 2.45) is 0 Å². The molecule has 4 rings (SSSR count). The van der Waals surface area contributed by atoms with Gasteiger partial charge in [0, 0.05) is 10.9 Å². The standard InChI is InChI=1S/C20H18N2O/c1-3-14-13-21-22-19(15-8-10-17(23-2)11-9-15)12-16-6-4-5-7-18(16)20(14)22/h4-13H,3H2,1-2H3. The third-order valence-corrected chi connectivity index (χ3v) is 4.35. The SMILES string of the molecule is CCc1cnn2c(-c3ccc(OC)cc3)cc3ccccc3c12. The second kappa shape index (κ2) is 5.43. The smallest absolute Gasteiger partial charge is 0.118 e. The second-order valence-electron chi connectivity index (χ2n) is 5.63. The summed E-state index contributed by atoms with van der Waals surface area (Å²) in [5.41, 5.74) is 4.71. The Labute approximate surface area is 135 Å². The molecule has 23 heavy (non-hydrogen) atoms. The van der Waals surface area contributed by atoms with E-state index in [4.69, 9.17) is 4.74 Å². The van der Waals surface area contributed by atoms with E-state index >= 15 is 0 Å². The van der Waals surface area contributed by atoms with Crippen molar-refractivity contribution >= 4 is 16.3 Å². The van der Waals surface area contributed by atoms with Crippen LogP contribution >= 0.6 is 0 Å². The highest BCUT2D eigenvalue weighted by atomic mass is 16.5. The van der Waals surface area contributed by atoms with Crippen LogP contribution in [0, 0.1) is 0 Å². The number of aryl methyl sites for hydroxylation is 1. The molecule has 0 N–H and O–H groups in total. The van der Waals surface area contributed by atoms with Crippen LogP contribution < -0.4 is 4.74 Å². The summed E-state index contributed by atoms with van der Waals surface area (Å²) in [6.07, 6.45) is 2.95. The summed E-state index contributed by atoms with van der Waals surface area (Å²) in [6, 6.07) is 18.8. The molecule has 0 saturated heterocycles. The van der Waals surface area contributed by atoms with Gasteiger partial charge in [-0.1, -0.05) is 31.2 Å². The van der Waals surface area contributed by atoms with Gasteiger partial charge in [-0.15, -0.1) is 0 Å². The van der Waals surface area contributed by atoms with Crippen molar-refractivity contribution in [3.63, 3.8) is 0 Å². The summed E-state index contributed by atoms with van der Waals surface area (Å²) < 4.78 is 7.32. The normalized spacial score (nSPS) is 11.2. The molecule has 0 atom stereocenters. The molecule has 4 aromatic rings. The Balaban J connectivity index is 2.06. The first-order chi connectivity index (χ1) is 11.3. The number of hydrogen-bond acceptors (Lipinski definition) is 2. The zero-order valence-electron chi connectivity index (χ0n) is 13.3. The molecule has 2 aromatic heterocycles. The molecule has 3 nitrogen and oxygen atoms in total. The van der Waals surface area contributed by atoms with Gasteiger partial charge >= 0.3 is 0 Å². The van der Waals surface area contributed by atoms with Crippen molar-refractivity contribution in [3.8, 4) is 17.0 Å². The third kappa shape index (κ3) is 2.16. The Morgan fingerprint density at radius 3 is 2.57 bits per heavy atom. The fourth-order valence-corrected chi connectivity index (χ4v) is 3.13. The molecule has 114 valence electrons. The minimum atomic E-state index is 0.862. The van der Waals surface area contributed by atoms with E-state index in [1.165, 1.54) is 21.9 Å².